The lowest BCUT2D eigenvalue weighted by Crippen LogP contribution is -2.29. The van der Waals surface area contributed by atoms with Crippen LogP contribution in [0.15, 0.2) is 30.7 Å². The van der Waals surface area contributed by atoms with E-state index in [2.05, 4.69) is 27.0 Å². The highest BCUT2D eigenvalue weighted by atomic mass is 15.1. The normalized spacial score (nSPS) is 16.6. The molecule has 2 aromatic rings. The summed E-state index contributed by atoms with van der Waals surface area (Å²) in [5, 5.41) is 1.17. The van der Waals surface area contributed by atoms with Gasteiger partial charge >= 0.3 is 0 Å². The maximum Gasteiger partial charge on any atom is 0.116 e. The second-order valence-corrected chi connectivity index (χ2v) is 4.28. The summed E-state index contributed by atoms with van der Waals surface area (Å²) in [5.41, 5.74) is 2.33. The zero-order chi connectivity index (χ0) is 10.8. The molecular weight excluding hydrogens is 198 g/mol. The number of piperidine rings is 1. The summed E-state index contributed by atoms with van der Waals surface area (Å²) in [6.07, 6.45) is 7.49. The third-order valence-corrected chi connectivity index (χ3v) is 3.22. The first-order valence-electron chi connectivity index (χ1n) is 5.89. The van der Waals surface area contributed by atoms with Gasteiger partial charge in [0.1, 0.15) is 6.33 Å². The van der Waals surface area contributed by atoms with Gasteiger partial charge < -0.3 is 4.90 Å². The smallest absolute Gasteiger partial charge is 0.116 e. The van der Waals surface area contributed by atoms with Crippen molar-refractivity contribution in [3.8, 4) is 0 Å². The highest BCUT2D eigenvalue weighted by Crippen LogP contribution is 2.27. The number of anilines is 1. The van der Waals surface area contributed by atoms with Crippen LogP contribution in [0.2, 0.25) is 0 Å². The summed E-state index contributed by atoms with van der Waals surface area (Å²) in [4.78, 5) is 10.9. The molecular formula is C13H15N3. The Morgan fingerprint density at radius 1 is 1.06 bits per heavy atom. The summed E-state index contributed by atoms with van der Waals surface area (Å²) < 4.78 is 0. The molecule has 1 fully saturated rings. The average Bonchev–Trinajstić information content (AvgIpc) is 2.39. The summed E-state index contributed by atoms with van der Waals surface area (Å²) in [6, 6.07) is 6.31. The van der Waals surface area contributed by atoms with Crippen LogP contribution >= 0.6 is 0 Å². The van der Waals surface area contributed by atoms with E-state index in [4.69, 9.17) is 0 Å². The number of hydrogen-bond acceptors (Lipinski definition) is 3. The fourth-order valence-corrected chi connectivity index (χ4v) is 2.40. The van der Waals surface area contributed by atoms with Crippen molar-refractivity contribution in [2.24, 2.45) is 0 Å². The van der Waals surface area contributed by atoms with Gasteiger partial charge in [0.15, 0.2) is 0 Å². The first kappa shape index (κ1) is 9.58. The molecule has 0 spiro atoms. The van der Waals surface area contributed by atoms with Gasteiger partial charge in [-0.25, -0.2) is 9.97 Å². The molecule has 1 aromatic carbocycles. The summed E-state index contributed by atoms with van der Waals surface area (Å²) >= 11 is 0. The monoisotopic (exact) mass is 213 g/mol. The van der Waals surface area contributed by atoms with E-state index in [0.717, 1.165) is 18.6 Å². The number of aromatic nitrogens is 2. The van der Waals surface area contributed by atoms with E-state index in [1.54, 1.807) is 6.33 Å². The predicted octanol–water partition coefficient (Wildman–Crippen LogP) is 2.62. The molecule has 0 radical (unpaired) electrons. The number of hydrogen-bond donors (Lipinski definition) is 0. The molecule has 82 valence electrons. The lowest BCUT2D eigenvalue weighted by atomic mass is 10.1. The quantitative estimate of drug-likeness (QED) is 0.729. The summed E-state index contributed by atoms with van der Waals surface area (Å²) in [5.74, 6) is 0. The Bertz CT molecular complexity index is 484. The van der Waals surface area contributed by atoms with Gasteiger partial charge in [0.25, 0.3) is 0 Å². The Labute approximate surface area is 95.1 Å². The number of benzene rings is 1. The second kappa shape index (κ2) is 4.08. The van der Waals surface area contributed by atoms with Crippen LogP contribution in [-0.4, -0.2) is 23.1 Å². The third-order valence-electron chi connectivity index (χ3n) is 3.22. The van der Waals surface area contributed by atoms with E-state index in [9.17, 15) is 0 Å². The van der Waals surface area contributed by atoms with Gasteiger partial charge in [-0.1, -0.05) is 6.07 Å². The molecule has 0 atom stereocenters. The Kier molecular flexibility index (Phi) is 2.44. The molecule has 16 heavy (non-hydrogen) atoms. The van der Waals surface area contributed by atoms with Crippen molar-refractivity contribution in [1.82, 2.24) is 9.97 Å². The van der Waals surface area contributed by atoms with Gasteiger partial charge in [-0.15, -0.1) is 0 Å². The molecule has 0 saturated carbocycles. The maximum absolute atomic E-state index is 4.30. The summed E-state index contributed by atoms with van der Waals surface area (Å²) in [6.45, 7) is 2.32. The number of fused-ring (bicyclic) bond motifs is 1. The molecule has 0 unspecified atom stereocenters. The molecule has 0 bridgehead atoms. The van der Waals surface area contributed by atoms with E-state index in [-0.39, 0.29) is 0 Å². The maximum atomic E-state index is 4.30. The zero-order valence-electron chi connectivity index (χ0n) is 9.26. The van der Waals surface area contributed by atoms with Crippen molar-refractivity contribution in [3.63, 3.8) is 0 Å². The molecule has 0 N–H and O–H groups in total. The Morgan fingerprint density at radius 3 is 2.81 bits per heavy atom. The lowest BCUT2D eigenvalue weighted by Gasteiger charge is -2.29. The molecule has 1 saturated heterocycles. The number of rotatable bonds is 1. The van der Waals surface area contributed by atoms with E-state index in [0.29, 0.717) is 0 Å². The lowest BCUT2D eigenvalue weighted by molar-refractivity contribution is 0.579. The molecule has 1 aliphatic rings. The Morgan fingerprint density at radius 2 is 1.94 bits per heavy atom. The summed E-state index contributed by atoms with van der Waals surface area (Å²) in [7, 11) is 0. The highest BCUT2D eigenvalue weighted by molar-refractivity contribution is 5.91. The van der Waals surface area contributed by atoms with Crippen molar-refractivity contribution < 1.29 is 0 Å². The third kappa shape index (κ3) is 1.62. The highest BCUT2D eigenvalue weighted by Gasteiger charge is 2.13. The Balaban J connectivity index is 2.08. The van der Waals surface area contributed by atoms with Gasteiger partial charge in [0, 0.05) is 30.4 Å². The van der Waals surface area contributed by atoms with Crippen LogP contribution < -0.4 is 4.90 Å². The van der Waals surface area contributed by atoms with Crippen LogP contribution in [0.5, 0.6) is 0 Å². The molecule has 3 heteroatoms. The molecule has 3 nitrogen and oxygen atoms in total. The van der Waals surface area contributed by atoms with Crippen molar-refractivity contribution >= 4 is 16.6 Å². The van der Waals surface area contributed by atoms with E-state index >= 15 is 0 Å². The molecule has 3 rings (SSSR count). The van der Waals surface area contributed by atoms with Gasteiger partial charge in [-0.3, -0.25) is 0 Å². The molecule has 0 aliphatic carbocycles. The number of nitrogens with zero attached hydrogens (tertiary/aromatic N) is 3. The minimum absolute atomic E-state index is 1.04. The molecule has 0 amide bonds. The first-order chi connectivity index (χ1) is 7.95. The minimum atomic E-state index is 1.04. The van der Waals surface area contributed by atoms with Crippen molar-refractivity contribution in [2.75, 3.05) is 18.0 Å². The standard InChI is InChI=1S/C13H15N3/c1-2-7-16(8-3-1)13-6-4-5-12-11(13)9-14-10-15-12/h4-6,9-10H,1-3,7-8H2. The molecule has 2 heterocycles. The van der Waals surface area contributed by atoms with Crippen molar-refractivity contribution in [2.45, 2.75) is 19.3 Å². The van der Waals surface area contributed by atoms with Gasteiger partial charge in [-0.2, -0.15) is 0 Å². The zero-order valence-corrected chi connectivity index (χ0v) is 9.26. The Hall–Kier alpha value is -1.64. The second-order valence-electron chi connectivity index (χ2n) is 4.28. The van der Waals surface area contributed by atoms with Crippen LogP contribution in [0.1, 0.15) is 19.3 Å². The van der Waals surface area contributed by atoms with Crippen molar-refractivity contribution in [1.29, 1.82) is 0 Å². The fraction of sp³-hybridized carbons (Fsp3) is 0.385. The largest absolute Gasteiger partial charge is 0.371 e. The minimum Gasteiger partial charge on any atom is -0.371 e. The van der Waals surface area contributed by atoms with Crippen molar-refractivity contribution in [3.05, 3.63) is 30.7 Å². The van der Waals surface area contributed by atoms with E-state index in [1.165, 1.54) is 30.3 Å². The van der Waals surface area contributed by atoms with Crippen LogP contribution in [0.4, 0.5) is 5.69 Å². The SMILES string of the molecule is c1cc(N2CCCCC2)c2cncnc2c1. The van der Waals surface area contributed by atoms with Gasteiger partial charge in [-0.05, 0) is 31.4 Å². The van der Waals surface area contributed by atoms with Crippen LogP contribution in [0, 0.1) is 0 Å². The van der Waals surface area contributed by atoms with Gasteiger partial charge in [0.05, 0.1) is 5.52 Å². The van der Waals surface area contributed by atoms with Crippen LogP contribution in [-0.2, 0) is 0 Å². The van der Waals surface area contributed by atoms with Gasteiger partial charge in [0.2, 0.25) is 0 Å². The average molecular weight is 213 g/mol. The van der Waals surface area contributed by atoms with E-state index < -0.39 is 0 Å². The first-order valence-corrected chi connectivity index (χ1v) is 5.89. The molecule has 1 aliphatic heterocycles. The fourth-order valence-electron chi connectivity index (χ4n) is 2.40. The van der Waals surface area contributed by atoms with Crippen LogP contribution in [0.3, 0.4) is 0 Å². The molecule has 1 aromatic heterocycles. The van der Waals surface area contributed by atoms with E-state index in [1.807, 2.05) is 12.3 Å². The topological polar surface area (TPSA) is 29.0 Å². The predicted molar refractivity (Wildman–Crippen MR) is 65.6 cm³/mol. The van der Waals surface area contributed by atoms with Crippen LogP contribution in [0.25, 0.3) is 10.9 Å².